The van der Waals surface area contributed by atoms with Crippen LogP contribution in [-0.2, 0) is 11.3 Å². The van der Waals surface area contributed by atoms with E-state index in [1.54, 1.807) is 11.9 Å². The molecule has 3 nitrogen and oxygen atoms in total. The van der Waals surface area contributed by atoms with Gasteiger partial charge in [-0.25, -0.2) is 0 Å². The Kier molecular flexibility index (Phi) is 6.16. The summed E-state index contributed by atoms with van der Waals surface area (Å²) >= 11 is 6.07. The average molecular weight is 269 g/mol. The third-order valence-corrected chi connectivity index (χ3v) is 3.30. The van der Waals surface area contributed by atoms with Crippen LogP contribution in [0.3, 0.4) is 0 Å². The summed E-state index contributed by atoms with van der Waals surface area (Å²) in [6.45, 7) is 2.59. The minimum absolute atomic E-state index is 0.0247. The molecule has 1 atom stereocenters. The molecule has 1 rings (SSSR count). The van der Waals surface area contributed by atoms with Gasteiger partial charge in [-0.2, -0.15) is 0 Å². The number of amides is 1. The van der Waals surface area contributed by atoms with Crippen molar-refractivity contribution in [2.45, 2.75) is 38.8 Å². The molecule has 0 fully saturated rings. The molecule has 0 spiro atoms. The Balaban J connectivity index is 2.57. The molecule has 0 aliphatic rings. The van der Waals surface area contributed by atoms with Gasteiger partial charge < -0.3 is 10.6 Å². The number of nitrogens with zero attached hydrogens (tertiary/aromatic N) is 1. The number of likely N-dealkylation sites (N-methyl/N-ethyl adjacent to an activating group) is 1. The maximum absolute atomic E-state index is 12.0. The molecule has 0 saturated carbocycles. The maximum atomic E-state index is 12.0. The number of unbranched alkanes of at least 4 members (excludes halogenated alkanes) is 1. The number of hydrogen-bond acceptors (Lipinski definition) is 2. The summed E-state index contributed by atoms with van der Waals surface area (Å²) in [5, 5.41) is 0.680. The fourth-order valence-corrected chi connectivity index (χ4v) is 1.99. The highest BCUT2D eigenvalue weighted by Gasteiger charge is 2.18. The smallest absolute Gasteiger partial charge is 0.239 e. The van der Waals surface area contributed by atoms with Crippen molar-refractivity contribution in [3.8, 4) is 0 Å². The normalized spacial score (nSPS) is 12.2. The highest BCUT2D eigenvalue weighted by molar-refractivity contribution is 6.31. The fourth-order valence-electron chi connectivity index (χ4n) is 1.79. The van der Waals surface area contributed by atoms with E-state index >= 15 is 0 Å². The fraction of sp³-hybridized carbons (Fsp3) is 0.500. The monoisotopic (exact) mass is 268 g/mol. The summed E-state index contributed by atoms with van der Waals surface area (Å²) in [7, 11) is 1.76. The second-order valence-electron chi connectivity index (χ2n) is 4.53. The summed E-state index contributed by atoms with van der Waals surface area (Å²) in [6.07, 6.45) is 2.77. The molecule has 1 amide bonds. The molecule has 1 unspecified atom stereocenters. The van der Waals surface area contributed by atoms with E-state index in [1.165, 1.54) is 0 Å². The third kappa shape index (κ3) is 4.31. The Bertz CT molecular complexity index is 395. The van der Waals surface area contributed by atoms with Crippen molar-refractivity contribution in [2.24, 2.45) is 5.73 Å². The molecule has 100 valence electrons. The molecular weight excluding hydrogens is 248 g/mol. The minimum Gasteiger partial charge on any atom is -0.340 e. The van der Waals surface area contributed by atoms with Gasteiger partial charge in [-0.05, 0) is 18.1 Å². The van der Waals surface area contributed by atoms with Crippen LogP contribution in [0.5, 0.6) is 0 Å². The number of carbonyl (C=O) groups excluding carboxylic acids is 1. The van der Waals surface area contributed by atoms with Crippen LogP contribution in [0, 0.1) is 0 Å². The second kappa shape index (κ2) is 7.39. The summed E-state index contributed by atoms with van der Waals surface area (Å²) < 4.78 is 0. The summed E-state index contributed by atoms with van der Waals surface area (Å²) in [5.41, 5.74) is 6.81. The lowest BCUT2D eigenvalue weighted by Crippen LogP contribution is -2.41. The van der Waals surface area contributed by atoms with E-state index in [0.717, 1.165) is 24.8 Å². The van der Waals surface area contributed by atoms with Gasteiger partial charge in [0.2, 0.25) is 5.91 Å². The maximum Gasteiger partial charge on any atom is 0.239 e. The Morgan fingerprint density at radius 1 is 1.44 bits per heavy atom. The lowest BCUT2D eigenvalue weighted by molar-refractivity contribution is -0.132. The van der Waals surface area contributed by atoms with Crippen LogP contribution in [0.15, 0.2) is 24.3 Å². The molecule has 0 aliphatic heterocycles. The first-order valence-corrected chi connectivity index (χ1v) is 6.68. The molecule has 0 heterocycles. The van der Waals surface area contributed by atoms with Gasteiger partial charge in [-0.1, -0.05) is 49.6 Å². The second-order valence-corrected chi connectivity index (χ2v) is 4.94. The number of hydrogen-bond donors (Lipinski definition) is 1. The van der Waals surface area contributed by atoms with Crippen molar-refractivity contribution in [3.63, 3.8) is 0 Å². The van der Waals surface area contributed by atoms with Gasteiger partial charge >= 0.3 is 0 Å². The number of nitrogens with two attached hydrogens (primary N) is 1. The first-order valence-electron chi connectivity index (χ1n) is 6.30. The van der Waals surface area contributed by atoms with Crippen LogP contribution in [0.4, 0.5) is 0 Å². The standard InChI is InChI=1S/C14H21ClN2O/c1-3-4-9-13(16)14(18)17(2)10-11-7-5-6-8-12(11)15/h5-8,13H,3-4,9-10,16H2,1-2H3. The zero-order valence-corrected chi connectivity index (χ0v) is 11.8. The van der Waals surface area contributed by atoms with Crippen molar-refractivity contribution in [2.75, 3.05) is 7.05 Å². The van der Waals surface area contributed by atoms with Crippen molar-refractivity contribution >= 4 is 17.5 Å². The predicted octanol–water partition coefficient (Wildman–Crippen LogP) is 2.82. The van der Waals surface area contributed by atoms with Gasteiger partial charge in [0.15, 0.2) is 0 Å². The Morgan fingerprint density at radius 3 is 2.72 bits per heavy atom. The lowest BCUT2D eigenvalue weighted by Gasteiger charge is -2.21. The van der Waals surface area contributed by atoms with E-state index in [1.807, 2.05) is 24.3 Å². The number of rotatable bonds is 6. The zero-order chi connectivity index (χ0) is 13.5. The van der Waals surface area contributed by atoms with Gasteiger partial charge in [-0.15, -0.1) is 0 Å². The molecule has 0 bridgehead atoms. The summed E-state index contributed by atoms with van der Waals surface area (Å²) in [5.74, 6) is -0.0247. The van der Waals surface area contributed by atoms with Gasteiger partial charge in [0.05, 0.1) is 6.04 Å². The van der Waals surface area contributed by atoms with Crippen LogP contribution in [0.25, 0.3) is 0 Å². The van der Waals surface area contributed by atoms with Crippen LogP contribution < -0.4 is 5.73 Å². The first kappa shape index (κ1) is 15.0. The van der Waals surface area contributed by atoms with E-state index in [2.05, 4.69) is 6.92 Å². The van der Waals surface area contributed by atoms with Gasteiger partial charge in [0.1, 0.15) is 0 Å². The Morgan fingerprint density at radius 2 is 2.11 bits per heavy atom. The topological polar surface area (TPSA) is 46.3 Å². The number of carbonyl (C=O) groups is 1. The SMILES string of the molecule is CCCCC(N)C(=O)N(C)Cc1ccccc1Cl. The molecule has 0 radical (unpaired) electrons. The lowest BCUT2D eigenvalue weighted by atomic mass is 10.1. The largest absolute Gasteiger partial charge is 0.340 e. The van der Waals surface area contributed by atoms with E-state index in [4.69, 9.17) is 17.3 Å². The molecule has 2 N–H and O–H groups in total. The first-order chi connectivity index (χ1) is 8.56. The minimum atomic E-state index is -0.405. The Labute approximate surface area is 114 Å². The molecule has 0 aromatic heterocycles. The van der Waals surface area contributed by atoms with Crippen LogP contribution in [-0.4, -0.2) is 23.9 Å². The van der Waals surface area contributed by atoms with E-state index in [9.17, 15) is 4.79 Å². The summed E-state index contributed by atoms with van der Waals surface area (Å²) in [6, 6.07) is 7.13. The Hall–Kier alpha value is -1.06. The highest BCUT2D eigenvalue weighted by atomic mass is 35.5. The highest BCUT2D eigenvalue weighted by Crippen LogP contribution is 2.16. The summed E-state index contributed by atoms with van der Waals surface area (Å²) in [4.78, 5) is 13.7. The molecule has 0 saturated heterocycles. The molecule has 1 aromatic carbocycles. The van der Waals surface area contributed by atoms with Gasteiger partial charge in [-0.3, -0.25) is 4.79 Å². The molecule has 4 heteroatoms. The number of halogens is 1. The molecule has 18 heavy (non-hydrogen) atoms. The van der Waals surface area contributed by atoms with Gasteiger partial charge in [0.25, 0.3) is 0 Å². The van der Waals surface area contributed by atoms with E-state index in [0.29, 0.717) is 11.6 Å². The van der Waals surface area contributed by atoms with Crippen molar-refractivity contribution in [1.82, 2.24) is 4.90 Å². The van der Waals surface area contributed by atoms with Crippen molar-refractivity contribution < 1.29 is 4.79 Å². The van der Waals surface area contributed by atoms with Crippen LogP contribution >= 0.6 is 11.6 Å². The molecule has 0 aliphatic carbocycles. The van der Waals surface area contributed by atoms with Crippen LogP contribution in [0.2, 0.25) is 5.02 Å². The van der Waals surface area contributed by atoms with Crippen LogP contribution in [0.1, 0.15) is 31.7 Å². The van der Waals surface area contributed by atoms with E-state index < -0.39 is 6.04 Å². The van der Waals surface area contributed by atoms with Gasteiger partial charge in [0, 0.05) is 18.6 Å². The average Bonchev–Trinajstić information content (AvgIpc) is 2.37. The predicted molar refractivity (Wildman–Crippen MR) is 75.4 cm³/mol. The quantitative estimate of drug-likeness (QED) is 0.862. The number of benzene rings is 1. The van der Waals surface area contributed by atoms with E-state index in [-0.39, 0.29) is 5.91 Å². The molecule has 1 aromatic rings. The zero-order valence-electron chi connectivity index (χ0n) is 11.0. The van der Waals surface area contributed by atoms with Crippen molar-refractivity contribution in [1.29, 1.82) is 0 Å². The molecular formula is C14H21ClN2O. The third-order valence-electron chi connectivity index (χ3n) is 2.93. The van der Waals surface area contributed by atoms with Crippen molar-refractivity contribution in [3.05, 3.63) is 34.9 Å².